The number of ether oxygens (including phenoxy) is 2. The summed E-state index contributed by atoms with van der Waals surface area (Å²) in [6, 6.07) is 0.711. The first-order valence-electron chi connectivity index (χ1n) is 7.41. The summed E-state index contributed by atoms with van der Waals surface area (Å²) < 4.78 is 10.6. The lowest BCUT2D eigenvalue weighted by atomic mass is 10.2. The van der Waals surface area contributed by atoms with Gasteiger partial charge in [0.2, 0.25) is 0 Å². The molecule has 1 saturated carbocycles. The van der Waals surface area contributed by atoms with Crippen molar-refractivity contribution in [3.8, 4) is 0 Å². The highest BCUT2D eigenvalue weighted by Crippen LogP contribution is 2.29. The van der Waals surface area contributed by atoms with E-state index in [4.69, 9.17) is 9.47 Å². The van der Waals surface area contributed by atoms with E-state index in [1.165, 1.54) is 45.3 Å². The lowest BCUT2D eigenvalue weighted by Crippen LogP contribution is -2.40. The molecule has 0 amide bonds. The maximum atomic E-state index is 5.58. The SMILES string of the molecule is COCCOCCN(CC1CC1)CC1CCCN1. The van der Waals surface area contributed by atoms with Crippen LogP contribution >= 0.6 is 0 Å². The quantitative estimate of drug-likeness (QED) is 0.594. The Hall–Kier alpha value is -0.160. The molecule has 4 heteroatoms. The number of nitrogens with zero attached hydrogens (tertiary/aromatic N) is 1. The van der Waals surface area contributed by atoms with Gasteiger partial charge in [0.15, 0.2) is 0 Å². The van der Waals surface area contributed by atoms with E-state index in [-0.39, 0.29) is 0 Å². The van der Waals surface area contributed by atoms with Crippen molar-refractivity contribution in [2.45, 2.75) is 31.7 Å². The third kappa shape index (κ3) is 5.65. The van der Waals surface area contributed by atoms with Gasteiger partial charge in [-0.25, -0.2) is 0 Å². The van der Waals surface area contributed by atoms with Crippen molar-refractivity contribution in [1.29, 1.82) is 0 Å². The van der Waals surface area contributed by atoms with Gasteiger partial charge in [0.1, 0.15) is 0 Å². The predicted molar refractivity (Wildman–Crippen MR) is 72.9 cm³/mol. The maximum absolute atomic E-state index is 5.58. The molecule has 1 N–H and O–H groups in total. The minimum Gasteiger partial charge on any atom is -0.382 e. The third-order valence-corrected chi connectivity index (χ3v) is 3.84. The zero-order valence-corrected chi connectivity index (χ0v) is 11.7. The number of methoxy groups -OCH3 is 1. The molecule has 4 nitrogen and oxygen atoms in total. The van der Waals surface area contributed by atoms with Crippen LogP contribution in [0.1, 0.15) is 25.7 Å². The molecule has 0 aromatic rings. The summed E-state index contributed by atoms with van der Waals surface area (Å²) in [5, 5.41) is 3.59. The largest absolute Gasteiger partial charge is 0.382 e. The van der Waals surface area contributed by atoms with Crippen molar-refractivity contribution in [3.05, 3.63) is 0 Å². The van der Waals surface area contributed by atoms with Crippen molar-refractivity contribution in [2.75, 3.05) is 53.1 Å². The zero-order chi connectivity index (χ0) is 12.6. The van der Waals surface area contributed by atoms with Crippen LogP contribution in [0.5, 0.6) is 0 Å². The summed E-state index contributed by atoms with van der Waals surface area (Å²) in [6.45, 7) is 6.99. The molecule has 2 rings (SSSR count). The lowest BCUT2D eigenvalue weighted by molar-refractivity contribution is 0.0552. The molecule has 0 aromatic carbocycles. The van der Waals surface area contributed by atoms with Gasteiger partial charge >= 0.3 is 0 Å². The minimum absolute atomic E-state index is 0.701. The van der Waals surface area contributed by atoms with Crippen molar-refractivity contribution in [2.24, 2.45) is 5.92 Å². The van der Waals surface area contributed by atoms with Gasteiger partial charge in [-0.1, -0.05) is 0 Å². The van der Waals surface area contributed by atoms with Crippen LogP contribution in [0.4, 0.5) is 0 Å². The van der Waals surface area contributed by atoms with Crippen molar-refractivity contribution >= 4 is 0 Å². The first kappa shape index (κ1) is 14.3. The van der Waals surface area contributed by atoms with Gasteiger partial charge in [-0.05, 0) is 38.1 Å². The Balaban J connectivity index is 1.60. The number of hydrogen-bond donors (Lipinski definition) is 1. The van der Waals surface area contributed by atoms with Crippen LogP contribution in [0, 0.1) is 5.92 Å². The van der Waals surface area contributed by atoms with Crippen LogP contribution < -0.4 is 5.32 Å². The van der Waals surface area contributed by atoms with Crippen molar-refractivity contribution in [1.82, 2.24) is 10.2 Å². The average molecular weight is 256 g/mol. The van der Waals surface area contributed by atoms with Crippen molar-refractivity contribution in [3.63, 3.8) is 0 Å². The van der Waals surface area contributed by atoms with Gasteiger partial charge in [0.05, 0.1) is 19.8 Å². The first-order valence-corrected chi connectivity index (χ1v) is 7.41. The van der Waals surface area contributed by atoms with Gasteiger partial charge in [0.25, 0.3) is 0 Å². The smallest absolute Gasteiger partial charge is 0.0700 e. The summed E-state index contributed by atoms with van der Waals surface area (Å²) in [7, 11) is 1.72. The molecular weight excluding hydrogens is 228 g/mol. The average Bonchev–Trinajstić information content (AvgIpc) is 3.03. The number of rotatable bonds is 10. The molecule has 0 spiro atoms. The van der Waals surface area contributed by atoms with Crippen LogP contribution in [0.3, 0.4) is 0 Å². The second-order valence-corrected chi connectivity index (χ2v) is 5.60. The van der Waals surface area contributed by atoms with Crippen LogP contribution in [0.15, 0.2) is 0 Å². The molecule has 1 aliphatic carbocycles. The molecule has 0 aromatic heterocycles. The zero-order valence-electron chi connectivity index (χ0n) is 11.7. The second kappa shape index (κ2) is 8.10. The fraction of sp³-hybridized carbons (Fsp3) is 1.00. The summed E-state index contributed by atoms with van der Waals surface area (Å²) >= 11 is 0. The van der Waals surface area contributed by atoms with Crippen LogP contribution in [0.2, 0.25) is 0 Å². The molecular formula is C14H28N2O2. The topological polar surface area (TPSA) is 33.7 Å². The highest BCUT2D eigenvalue weighted by atomic mass is 16.5. The fourth-order valence-corrected chi connectivity index (χ4v) is 2.58. The molecule has 0 bridgehead atoms. The van der Waals surface area contributed by atoms with E-state index < -0.39 is 0 Å². The molecule has 18 heavy (non-hydrogen) atoms. The highest BCUT2D eigenvalue weighted by molar-refractivity contribution is 4.82. The Morgan fingerprint density at radius 3 is 2.67 bits per heavy atom. The molecule has 1 aliphatic heterocycles. The Morgan fingerprint density at radius 2 is 2.00 bits per heavy atom. The number of hydrogen-bond acceptors (Lipinski definition) is 4. The monoisotopic (exact) mass is 256 g/mol. The summed E-state index contributed by atoms with van der Waals surface area (Å²) in [6.07, 6.45) is 5.54. The number of nitrogens with one attached hydrogen (secondary N) is 1. The highest BCUT2D eigenvalue weighted by Gasteiger charge is 2.26. The molecule has 2 fully saturated rings. The van der Waals surface area contributed by atoms with Crippen LogP contribution in [0.25, 0.3) is 0 Å². The van der Waals surface area contributed by atoms with E-state index in [1.807, 2.05) is 0 Å². The molecule has 1 unspecified atom stereocenters. The molecule has 106 valence electrons. The van der Waals surface area contributed by atoms with Gasteiger partial charge < -0.3 is 14.8 Å². The Labute approximate surface area is 111 Å². The van der Waals surface area contributed by atoms with E-state index in [9.17, 15) is 0 Å². The summed E-state index contributed by atoms with van der Waals surface area (Å²) in [5.41, 5.74) is 0. The summed E-state index contributed by atoms with van der Waals surface area (Å²) in [5.74, 6) is 0.963. The predicted octanol–water partition coefficient (Wildman–Crippen LogP) is 1.11. The maximum Gasteiger partial charge on any atom is 0.0700 e. The molecule has 1 saturated heterocycles. The Morgan fingerprint density at radius 1 is 1.11 bits per heavy atom. The van der Waals surface area contributed by atoms with Crippen molar-refractivity contribution < 1.29 is 9.47 Å². The van der Waals surface area contributed by atoms with E-state index in [1.54, 1.807) is 7.11 Å². The van der Waals surface area contributed by atoms with Crippen LogP contribution in [-0.2, 0) is 9.47 Å². The molecule has 2 aliphatic rings. The Kier molecular flexibility index (Phi) is 6.41. The summed E-state index contributed by atoms with van der Waals surface area (Å²) in [4.78, 5) is 2.59. The van der Waals surface area contributed by atoms with Gasteiger partial charge in [-0.3, -0.25) is 4.90 Å². The minimum atomic E-state index is 0.701. The fourth-order valence-electron chi connectivity index (χ4n) is 2.58. The lowest BCUT2D eigenvalue weighted by Gasteiger charge is -2.25. The molecule has 1 heterocycles. The van der Waals surface area contributed by atoms with E-state index in [2.05, 4.69) is 10.2 Å². The second-order valence-electron chi connectivity index (χ2n) is 5.60. The Bertz CT molecular complexity index is 216. The standard InChI is InChI=1S/C14H28N2O2/c1-17-9-10-18-8-7-16(11-13-4-5-13)12-14-3-2-6-15-14/h13-15H,2-12H2,1H3. The van der Waals surface area contributed by atoms with E-state index in [0.717, 1.165) is 25.7 Å². The van der Waals surface area contributed by atoms with E-state index in [0.29, 0.717) is 12.6 Å². The van der Waals surface area contributed by atoms with Gasteiger partial charge in [-0.2, -0.15) is 0 Å². The van der Waals surface area contributed by atoms with E-state index >= 15 is 0 Å². The third-order valence-electron chi connectivity index (χ3n) is 3.84. The van der Waals surface area contributed by atoms with Gasteiger partial charge in [-0.15, -0.1) is 0 Å². The first-order chi connectivity index (χ1) is 8.88. The molecule has 0 radical (unpaired) electrons. The van der Waals surface area contributed by atoms with Crippen LogP contribution in [-0.4, -0.2) is 64.1 Å². The molecule has 1 atom stereocenters. The van der Waals surface area contributed by atoms with Gasteiger partial charge in [0, 0.05) is 32.8 Å². The normalized spacial score (nSPS) is 24.0.